The molecule has 2 fully saturated rings. The Bertz CT molecular complexity index is 1120. The Morgan fingerprint density at radius 3 is 2.76 bits per heavy atom. The van der Waals surface area contributed by atoms with Gasteiger partial charge >= 0.3 is 0 Å². The van der Waals surface area contributed by atoms with Gasteiger partial charge in [-0.25, -0.2) is 9.50 Å². The summed E-state index contributed by atoms with van der Waals surface area (Å²) in [6.45, 7) is 7.96. The number of pyridine rings is 1. The van der Waals surface area contributed by atoms with Crippen molar-refractivity contribution in [1.29, 1.82) is 0 Å². The molecular weight excluding hydrogens is 412 g/mol. The molecule has 2 saturated heterocycles. The summed E-state index contributed by atoms with van der Waals surface area (Å²) in [4.78, 5) is 26.4. The van der Waals surface area contributed by atoms with Gasteiger partial charge in [0.15, 0.2) is 5.65 Å². The molecule has 0 N–H and O–H groups in total. The molecule has 2 aliphatic heterocycles. The standard InChI is InChI=1S/C26H34N6O/c1-19-22(10-11-26(33)30-13-4-3-5-14-30)20(2)32-25(28-19)16-23(29-32)24-9-7-15-31(24)18-21-8-6-12-27-17-21/h6,8,12,16-17,24H,3-5,7,9-11,13-15,18H2,1-2H3/t24-/m0/s1. The van der Waals surface area contributed by atoms with Crippen LogP contribution >= 0.6 is 0 Å². The largest absolute Gasteiger partial charge is 0.343 e. The Balaban J connectivity index is 1.34. The van der Waals surface area contributed by atoms with E-state index in [1.807, 2.05) is 27.9 Å². The summed E-state index contributed by atoms with van der Waals surface area (Å²) in [6.07, 6.45) is 10.8. The molecule has 3 aromatic heterocycles. The second-order valence-electron chi connectivity index (χ2n) is 9.53. The third kappa shape index (κ3) is 4.64. The van der Waals surface area contributed by atoms with Gasteiger partial charge < -0.3 is 4.90 Å². The quantitative estimate of drug-likeness (QED) is 0.572. The van der Waals surface area contributed by atoms with Gasteiger partial charge in [-0.05, 0) is 76.1 Å². The van der Waals surface area contributed by atoms with Crippen LogP contribution in [0.15, 0.2) is 30.6 Å². The molecule has 0 bridgehead atoms. The van der Waals surface area contributed by atoms with Gasteiger partial charge in [-0.15, -0.1) is 0 Å². The zero-order chi connectivity index (χ0) is 22.8. The van der Waals surface area contributed by atoms with Crippen LogP contribution in [0.5, 0.6) is 0 Å². The highest BCUT2D eigenvalue weighted by Crippen LogP contribution is 2.33. The summed E-state index contributed by atoms with van der Waals surface area (Å²) in [6, 6.07) is 6.59. The molecule has 7 heteroatoms. The van der Waals surface area contributed by atoms with Crippen LogP contribution in [0.2, 0.25) is 0 Å². The molecule has 0 unspecified atom stereocenters. The van der Waals surface area contributed by atoms with Crippen molar-refractivity contribution >= 4 is 11.6 Å². The minimum atomic E-state index is 0.270. The molecule has 0 radical (unpaired) electrons. The van der Waals surface area contributed by atoms with Crippen molar-refractivity contribution < 1.29 is 4.79 Å². The van der Waals surface area contributed by atoms with Gasteiger partial charge in [0.05, 0.1) is 11.7 Å². The van der Waals surface area contributed by atoms with E-state index in [-0.39, 0.29) is 5.91 Å². The monoisotopic (exact) mass is 446 g/mol. The van der Waals surface area contributed by atoms with E-state index in [4.69, 9.17) is 10.1 Å². The Morgan fingerprint density at radius 1 is 1.12 bits per heavy atom. The molecule has 174 valence electrons. The fraction of sp³-hybridized carbons (Fsp3) is 0.538. The van der Waals surface area contributed by atoms with E-state index >= 15 is 0 Å². The number of likely N-dealkylation sites (tertiary alicyclic amines) is 2. The van der Waals surface area contributed by atoms with Crippen molar-refractivity contribution in [3.05, 3.63) is 58.8 Å². The van der Waals surface area contributed by atoms with Gasteiger partial charge in [-0.1, -0.05) is 6.07 Å². The molecule has 1 amide bonds. The fourth-order valence-corrected chi connectivity index (χ4v) is 5.48. The number of carbonyl (C=O) groups is 1. The third-order valence-corrected chi connectivity index (χ3v) is 7.29. The van der Waals surface area contributed by atoms with Crippen LogP contribution < -0.4 is 0 Å². The predicted octanol–water partition coefficient (Wildman–Crippen LogP) is 4.02. The Kier molecular flexibility index (Phi) is 6.40. The molecule has 2 aliphatic rings. The zero-order valence-corrected chi connectivity index (χ0v) is 19.8. The van der Waals surface area contributed by atoms with E-state index in [1.54, 1.807) is 0 Å². The van der Waals surface area contributed by atoms with E-state index in [0.29, 0.717) is 12.5 Å². The smallest absolute Gasteiger partial charge is 0.222 e. The van der Waals surface area contributed by atoms with Crippen molar-refractivity contribution in [3.8, 4) is 0 Å². The lowest BCUT2D eigenvalue weighted by molar-refractivity contribution is -0.132. The van der Waals surface area contributed by atoms with Crippen molar-refractivity contribution in [3.63, 3.8) is 0 Å². The molecule has 1 atom stereocenters. The van der Waals surface area contributed by atoms with Gasteiger partial charge in [0.25, 0.3) is 0 Å². The van der Waals surface area contributed by atoms with Crippen molar-refractivity contribution in [2.75, 3.05) is 19.6 Å². The molecule has 5 rings (SSSR count). The maximum absolute atomic E-state index is 12.7. The lowest BCUT2D eigenvalue weighted by atomic mass is 10.0. The van der Waals surface area contributed by atoms with Gasteiger partial charge in [0, 0.05) is 55.9 Å². The molecule has 0 saturated carbocycles. The van der Waals surface area contributed by atoms with Gasteiger partial charge in [-0.3, -0.25) is 14.7 Å². The minimum absolute atomic E-state index is 0.270. The first-order valence-corrected chi connectivity index (χ1v) is 12.4. The second kappa shape index (κ2) is 9.59. The molecule has 0 aromatic carbocycles. The van der Waals surface area contributed by atoms with E-state index in [1.165, 1.54) is 18.4 Å². The van der Waals surface area contributed by atoms with Crippen LogP contribution in [0.25, 0.3) is 5.65 Å². The highest BCUT2D eigenvalue weighted by Gasteiger charge is 2.29. The number of aryl methyl sites for hydroxylation is 2. The van der Waals surface area contributed by atoms with Crippen LogP contribution in [0.1, 0.15) is 72.8 Å². The Labute approximate surface area is 195 Å². The van der Waals surface area contributed by atoms with Crippen LogP contribution in [-0.2, 0) is 17.8 Å². The maximum atomic E-state index is 12.7. The fourth-order valence-electron chi connectivity index (χ4n) is 5.48. The SMILES string of the molecule is Cc1nc2cc([C@@H]3CCCN3Cc3cccnc3)nn2c(C)c1CCC(=O)N1CCCCC1. The lowest BCUT2D eigenvalue weighted by Gasteiger charge is -2.26. The van der Waals surface area contributed by atoms with Crippen molar-refractivity contribution in [2.45, 2.75) is 71.4 Å². The number of aromatic nitrogens is 4. The highest BCUT2D eigenvalue weighted by molar-refractivity contribution is 5.76. The Hall–Kier alpha value is -2.80. The average Bonchev–Trinajstić information content (AvgIpc) is 3.47. The number of hydrogen-bond donors (Lipinski definition) is 0. The van der Waals surface area contributed by atoms with Crippen molar-refractivity contribution in [2.24, 2.45) is 0 Å². The second-order valence-corrected chi connectivity index (χ2v) is 9.53. The molecule has 0 aliphatic carbocycles. The topological polar surface area (TPSA) is 66.6 Å². The van der Waals surface area contributed by atoms with E-state index in [0.717, 1.165) is 80.2 Å². The molecular formula is C26H34N6O. The summed E-state index contributed by atoms with van der Waals surface area (Å²) in [5, 5.41) is 5.01. The molecule has 3 aromatic rings. The van der Waals surface area contributed by atoms with Crippen LogP contribution in [0, 0.1) is 13.8 Å². The van der Waals surface area contributed by atoms with Gasteiger partial charge in [0.2, 0.25) is 5.91 Å². The number of rotatable bonds is 6. The molecule has 33 heavy (non-hydrogen) atoms. The minimum Gasteiger partial charge on any atom is -0.343 e. The van der Waals surface area contributed by atoms with Crippen LogP contribution in [0.4, 0.5) is 0 Å². The first-order valence-electron chi connectivity index (χ1n) is 12.4. The Morgan fingerprint density at radius 2 is 1.97 bits per heavy atom. The molecule has 7 nitrogen and oxygen atoms in total. The molecule has 0 spiro atoms. The summed E-state index contributed by atoms with van der Waals surface area (Å²) >= 11 is 0. The summed E-state index contributed by atoms with van der Waals surface area (Å²) in [5.41, 5.74) is 6.50. The van der Waals surface area contributed by atoms with E-state index in [9.17, 15) is 4.79 Å². The number of piperidine rings is 1. The molecule has 5 heterocycles. The first-order chi connectivity index (χ1) is 16.1. The lowest BCUT2D eigenvalue weighted by Crippen LogP contribution is -2.35. The summed E-state index contributed by atoms with van der Waals surface area (Å²) in [7, 11) is 0. The summed E-state index contributed by atoms with van der Waals surface area (Å²) < 4.78 is 1.99. The predicted molar refractivity (Wildman–Crippen MR) is 128 cm³/mol. The number of amides is 1. The van der Waals surface area contributed by atoms with Gasteiger partial charge in [0.1, 0.15) is 0 Å². The zero-order valence-electron chi connectivity index (χ0n) is 19.8. The van der Waals surface area contributed by atoms with Crippen LogP contribution in [0.3, 0.4) is 0 Å². The number of fused-ring (bicyclic) bond motifs is 1. The third-order valence-electron chi connectivity index (χ3n) is 7.29. The normalized spacial score (nSPS) is 19.5. The summed E-state index contributed by atoms with van der Waals surface area (Å²) in [5.74, 6) is 0.270. The van der Waals surface area contributed by atoms with Gasteiger partial charge in [-0.2, -0.15) is 5.10 Å². The number of nitrogens with zero attached hydrogens (tertiary/aromatic N) is 6. The van der Waals surface area contributed by atoms with E-state index in [2.05, 4.69) is 35.9 Å². The van der Waals surface area contributed by atoms with E-state index < -0.39 is 0 Å². The first kappa shape index (κ1) is 22.0. The average molecular weight is 447 g/mol. The number of hydrogen-bond acceptors (Lipinski definition) is 5. The van der Waals surface area contributed by atoms with Crippen molar-refractivity contribution in [1.82, 2.24) is 29.4 Å². The highest BCUT2D eigenvalue weighted by atomic mass is 16.2. The maximum Gasteiger partial charge on any atom is 0.222 e. The van der Waals surface area contributed by atoms with Crippen LogP contribution in [-0.4, -0.2) is 54.9 Å². The number of carbonyl (C=O) groups excluding carboxylic acids is 1.